The summed E-state index contributed by atoms with van der Waals surface area (Å²) < 4.78 is 0. The van der Waals surface area contributed by atoms with Gasteiger partial charge in [0.25, 0.3) is 0 Å². The van der Waals surface area contributed by atoms with Crippen molar-refractivity contribution in [2.24, 2.45) is 0 Å². The number of hydrogen-bond acceptors (Lipinski definition) is 6. The summed E-state index contributed by atoms with van der Waals surface area (Å²) in [5, 5.41) is 20.1. The Bertz CT molecular complexity index is 706. The molecular formula is C12H13N7. The van der Waals surface area contributed by atoms with Gasteiger partial charge in [-0.1, -0.05) is 0 Å². The number of fused-ring (bicyclic) bond motifs is 1. The van der Waals surface area contributed by atoms with Gasteiger partial charge in [0.05, 0.1) is 11.1 Å². The van der Waals surface area contributed by atoms with Crippen molar-refractivity contribution in [1.29, 1.82) is 10.7 Å². The number of nitrogens with one attached hydrogen (secondary N) is 3. The third kappa shape index (κ3) is 2.13. The molecule has 3 N–H and O–H groups in total. The SMILES string of the molecule is N#Cc1cnc2nc(N3CCNCC3)c(=N)[nH]c2c1. The third-order valence-corrected chi connectivity index (χ3v) is 3.11. The Kier molecular flexibility index (Phi) is 2.85. The molecule has 3 heterocycles. The number of aromatic nitrogens is 3. The molecule has 0 amide bonds. The number of nitriles is 1. The molecule has 2 aromatic heterocycles. The summed E-state index contributed by atoms with van der Waals surface area (Å²) in [4.78, 5) is 13.6. The van der Waals surface area contributed by atoms with Gasteiger partial charge in [0.1, 0.15) is 6.07 Å². The van der Waals surface area contributed by atoms with E-state index in [1.165, 1.54) is 6.20 Å². The maximum atomic E-state index is 8.84. The molecule has 19 heavy (non-hydrogen) atoms. The van der Waals surface area contributed by atoms with Crippen molar-refractivity contribution in [3.05, 3.63) is 23.3 Å². The van der Waals surface area contributed by atoms with Gasteiger partial charge in [-0.2, -0.15) is 5.26 Å². The molecule has 0 aliphatic carbocycles. The van der Waals surface area contributed by atoms with Crippen LogP contribution in [0.3, 0.4) is 0 Å². The number of piperazine rings is 1. The highest BCUT2D eigenvalue weighted by atomic mass is 15.2. The second kappa shape index (κ2) is 4.66. The van der Waals surface area contributed by atoms with Crippen molar-refractivity contribution in [3.63, 3.8) is 0 Å². The van der Waals surface area contributed by atoms with Crippen LogP contribution < -0.4 is 15.7 Å². The number of hydrogen-bond donors (Lipinski definition) is 3. The van der Waals surface area contributed by atoms with Crippen molar-refractivity contribution in [2.75, 3.05) is 31.1 Å². The average molecular weight is 255 g/mol. The summed E-state index contributed by atoms with van der Waals surface area (Å²) in [7, 11) is 0. The first-order valence-corrected chi connectivity index (χ1v) is 6.08. The zero-order chi connectivity index (χ0) is 13.2. The molecule has 0 saturated carbocycles. The Morgan fingerprint density at radius 2 is 2.16 bits per heavy atom. The monoisotopic (exact) mass is 255 g/mol. The lowest BCUT2D eigenvalue weighted by molar-refractivity contribution is 0.582. The largest absolute Gasteiger partial charge is 0.351 e. The summed E-state index contributed by atoms with van der Waals surface area (Å²) in [6.07, 6.45) is 1.49. The number of anilines is 1. The minimum atomic E-state index is 0.256. The highest BCUT2D eigenvalue weighted by Crippen LogP contribution is 2.11. The predicted octanol–water partition coefficient (Wildman–Crippen LogP) is -0.281. The molecule has 0 bridgehead atoms. The van der Waals surface area contributed by atoms with Crippen molar-refractivity contribution in [2.45, 2.75) is 0 Å². The zero-order valence-corrected chi connectivity index (χ0v) is 10.3. The molecule has 0 spiro atoms. The van der Waals surface area contributed by atoms with Gasteiger partial charge < -0.3 is 15.2 Å². The van der Waals surface area contributed by atoms with Crippen LogP contribution in [0.25, 0.3) is 11.2 Å². The summed E-state index contributed by atoms with van der Waals surface area (Å²) in [6, 6.07) is 3.69. The molecule has 2 aromatic rings. The number of aromatic amines is 1. The van der Waals surface area contributed by atoms with E-state index in [4.69, 9.17) is 10.7 Å². The zero-order valence-electron chi connectivity index (χ0n) is 10.3. The fraction of sp³-hybridized carbons (Fsp3) is 0.333. The molecule has 7 heteroatoms. The van der Waals surface area contributed by atoms with Crippen molar-refractivity contribution in [1.82, 2.24) is 20.3 Å². The Labute approximate surface area is 109 Å². The molecule has 3 rings (SSSR count). The Morgan fingerprint density at radius 1 is 1.37 bits per heavy atom. The molecule has 0 unspecified atom stereocenters. The second-order valence-corrected chi connectivity index (χ2v) is 4.38. The van der Waals surface area contributed by atoms with Gasteiger partial charge in [-0.25, -0.2) is 9.97 Å². The maximum Gasteiger partial charge on any atom is 0.178 e. The number of nitrogens with zero attached hydrogens (tertiary/aromatic N) is 4. The van der Waals surface area contributed by atoms with Crippen LogP contribution >= 0.6 is 0 Å². The molecule has 1 saturated heterocycles. The molecule has 1 aliphatic heterocycles. The summed E-state index contributed by atoms with van der Waals surface area (Å²) >= 11 is 0. The topological polar surface area (TPSA) is 104 Å². The Hall–Kier alpha value is -2.46. The van der Waals surface area contributed by atoms with Gasteiger partial charge in [0.2, 0.25) is 0 Å². The fourth-order valence-electron chi connectivity index (χ4n) is 2.15. The van der Waals surface area contributed by atoms with Crippen LogP contribution in [-0.4, -0.2) is 41.1 Å². The van der Waals surface area contributed by atoms with E-state index in [1.54, 1.807) is 6.07 Å². The van der Waals surface area contributed by atoms with Gasteiger partial charge in [0.15, 0.2) is 17.0 Å². The quantitative estimate of drug-likeness (QED) is 0.650. The lowest BCUT2D eigenvalue weighted by Gasteiger charge is -2.28. The summed E-state index contributed by atoms with van der Waals surface area (Å²) in [5.74, 6) is 0.617. The highest BCUT2D eigenvalue weighted by molar-refractivity contribution is 5.72. The molecule has 96 valence electrons. The summed E-state index contributed by atoms with van der Waals surface area (Å²) in [5.41, 5.74) is 1.86. The van der Waals surface area contributed by atoms with Crippen LogP contribution in [0.4, 0.5) is 5.82 Å². The van der Waals surface area contributed by atoms with Crippen molar-refractivity contribution >= 4 is 17.0 Å². The van der Waals surface area contributed by atoms with E-state index in [0.717, 1.165) is 26.2 Å². The van der Waals surface area contributed by atoms with Crippen molar-refractivity contribution in [3.8, 4) is 6.07 Å². The first kappa shape index (κ1) is 11.6. The van der Waals surface area contributed by atoms with E-state index >= 15 is 0 Å². The number of pyridine rings is 1. The van der Waals surface area contributed by atoms with E-state index < -0.39 is 0 Å². The van der Waals surface area contributed by atoms with E-state index in [2.05, 4.69) is 25.2 Å². The van der Waals surface area contributed by atoms with Gasteiger partial charge in [-0.15, -0.1) is 0 Å². The predicted molar refractivity (Wildman–Crippen MR) is 69.5 cm³/mol. The molecular weight excluding hydrogens is 242 g/mol. The standard InChI is InChI=1S/C12H13N7/c13-6-8-5-9-11(16-7-8)18-12(10(14)17-9)19-3-1-15-2-4-19/h5,7,15H,1-4H2,(H2,14,17). The first-order valence-electron chi connectivity index (χ1n) is 6.08. The Balaban J connectivity index is 2.09. The van der Waals surface area contributed by atoms with Gasteiger partial charge in [0, 0.05) is 32.4 Å². The molecule has 7 nitrogen and oxygen atoms in total. The molecule has 0 atom stereocenters. The van der Waals surface area contributed by atoms with Crippen LogP contribution in [0.1, 0.15) is 5.56 Å². The average Bonchev–Trinajstić information content (AvgIpc) is 2.47. The third-order valence-electron chi connectivity index (χ3n) is 3.11. The molecule has 1 aliphatic rings. The Morgan fingerprint density at radius 3 is 2.89 bits per heavy atom. The van der Waals surface area contributed by atoms with Gasteiger partial charge >= 0.3 is 0 Å². The van der Waals surface area contributed by atoms with Crippen LogP contribution in [-0.2, 0) is 0 Å². The molecule has 0 aromatic carbocycles. The normalized spacial score (nSPS) is 15.4. The van der Waals surface area contributed by atoms with Crippen molar-refractivity contribution < 1.29 is 0 Å². The van der Waals surface area contributed by atoms with Crippen LogP contribution in [0.5, 0.6) is 0 Å². The van der Waals surface area contributed by atoms with E-state index in [1.807, 2.05) is 6.07 Å². The lowest BCUT2D eigenvalue weighted by Crippen LogP contribution is -2.45. The minimum Gasteiger partial charge on any atom is -0.351 e. The number of rotatable bonds is 1. The van der Waals surface area contributed by atoms with Crippen LogP contribution in [0, 0.1) is 16.7 Å². The van der Waals surface area contributed by atoms with E-state index in [-0.39, 0.29) is 5.49 Å². The summed E-state index contributed by atoms with van der Waals surface area (Å²) in [6.45, 7) is 3.43. The van der Waals surface area contributed by atoms with E-state index in [0.29, 0.717) is 22.5 Å². The van der Waals surface area contributed by atoms with Crippen LogP contribution in [0.2, 0.25) is 0 Å². The van der Waals surface area contributed by atoms with Gasteiger partial charge in [-0.3, -0.25) is 5.41 Å². The highest BCUT2D eigenvalue weighted by Gasteiger charge is 2.14. The smallest absolute Gasteiger partial charge is 0.178 e. The van der Waals surface area contributed by atoms with Crippen LogP contribution in [0.15, 0.2) is 12.3 Å². The number of H-pyrrole nitrogens is 1. The molecule has 1 fully saturated rings. The first-order chi connectivity index (χ1) is 9.28. The van der Waals surface area contributed by atoms with Gasteiger partial charge in [-0.05, 0) is 6.07 Å². The fourth-order valence-corrected chi connectivity index (χ4v) is 2.15. The lowest BCUT2D eigenvalue weighted by atomic mass is 10.3. The maximum absolute atomic E-state index is 8.84. The second-order valence-electron chi connectivity index (χ2n) is 4.38. The van der Waals surface area contributed by atoms with E-state index in [9.17, 15) is 0 Å². The minimum absolute atomic E-state index is 0.256. The molecule has 0 radical (unpaired) electrons.